The van der Waals surface area contributed by atoms with Gasteiger partial charge in [-0.25, -0.2) is 0 Å². The van der Waals surface area contributed by atoms with Gasteiger partial charge in [-0.3, -0.25) is 0 Å². The quantitative estimate of drug-likeness (QED) is 0.718. The Hall–Kier alpha value is -0.300. The number of fused-ring (bicyclic) bond motifs is 1. The van der Waals surface area contributed by atoms with Crippen molar-refractivity contribution in [2.45, 2.75) is 64.9 Å². The van der Waals surface area contributed by atoms with Crippen LogP contribution in [0.5, 0.6) is 0 Å². The van der Waals surface area contributed by atoms with Crippen LogP contribution >= 0.6 is 0 Å². The van der Waals surface area contributed by atoms with E-state index in [9.17, 15) is 5.11 Å². The molecule has 92 valence electrons. The molecule has 0 unspecified atom stereocenters. The van der Waals surface area contributed by atoms with Crippen molar-refractivity contribution in [1.82, 2.24) is 0 Å². The van der Waals surface area contributed by atoms with Gasteiger partial charge in [0, 0.05) is 5.92 Å². The molecule has 0 aromatic heterocycles. The van der Waals surface area contributed by atoms with Gasteiger partial charge >= 0.3 is 0 Å². The topological polar surface area (TPSA) is 20.2 Å². The van der Waals surface area contributed by atoms with Gasteiger partial charge in [-0.1, -0.05) is 45.8 Å². The molecule has 0 heterocycles. The van der Waals surface area contributed by atoms with Gasteiger partial charge in [0.25, 0.3) is 0 Å². The van der Waals surface area contributed by atoms with Crippen molar-refractivity contribution >= 4 is 0 Å². The van der Waals surface area contributed by atoms with Crippen LogP contribution in [0.3, 0.4) is 0 Å². The van der Waals surface area contributed by atoms with E-state index >= 15 is 0 Å². The van der Waals surface area contributed by atoms with E-state index in [-0.39, 0.29) is 0 Å². The molecule has 0 amide bonds. The van der Waals surface area contributed by atoms with Crippen molar-refractivity contribution in [2.24, 2.45) is 17.3 Å². The van der Waals surface area contributed by atoms with Gasteiger partial charge in [-0.15, -0.1) is 0 Å². The third kappa shape index (κ3) is 1.95. The molecule has 0 aliphatic heterocycles. The van der Waals surface area contributed by atoms with Crippen LogP contribution in [0.25, 0.3) is 0 Å². The van der Waals surface area contributed by atoms with E-state index in [1.807, 2.05) is 0 Å². The number of rotatable bonds is 3. The summed E-state index contributed by atoms with van der Waals surface area (Å²) in [6.45, 7) is 6.89. The summed E-state index contributed by atoms with van der Waals surface area (Å²) >= 11 is 0. The third-order valence-electron chi connectivity index (χ3n) is 4.77. The highest BCUT2D eigenvalue weighted by molar-refractivity contribution is 5.14. The lowest BCUT2D eigenvalue weighted by molar-refractivity contribution is -0.00236. The molecule has 0 bridgehead atoms. The molecular weight excluding hydrogens is 196 g/mol. The highest BCUT2D eigenvalue weighted by Gasteiger charge is 2.54. The van der Waals surface area contributed by atoms with Gasteiger partial charge in [-0.05, 0) is 37.0 Å². The van der Waals surface area contributed by atoms with Crippen LogP contribution < -0.4 is 0 Å². The van der Waals surface area contributed by atoms with E-state index in [2.05, 4.69) is 32.9 Å². The second-order valence-corrected chi connectivity index (χ2v) is 6.51. The lowest BCUT2D eigenvalue weighted by Crippen LogP contribution is -2.35. The fraction of sp³-hybridized carbons (Fsp3) is 0.867. The van der Waals surface area contributed by atoms with Gasteiger partial charge in [0.15, 0.2) is 0 Å². The molecule has 1 heteroatoms. The van der Waals surface area contributed by atoms with Crippen molar-refractivity contribution in [1.29, 1.82) is 0 Å². The van der Waals surface area contributed by atoms with E-state index in [1.54, 1.807) is 0 Å². The van der Waals surface area contributed by atoms with Crippen LogP contribution in [-0.4, -0.2) is 10.7 Å². The van der Waals surface area contributed by atoms with Crippen molar-refractivity contribution in [3.8, 4) is 0 Å². The van der Waals surface area contributed by atoms with Gasteiger partial charge in [-0.2, -0.15) is 0 Å². The Labute approximate surface area is 99.9 Å². The van der Waals surface area contributed by atoms with E-state index in [4.69, 9.17) is 0 Å². The zero-order valence-corrected chi connectivity index (χ0v) is 11.0. The predicted octanol–water partition coefficient (Wildman–Crippen LogP) is 3.92. The molecule has 1 saturated carbocycles. The first kappa shape index (κ1) is 12.2. The maximum absolute atomic E-state index is 10.9. The zero-order chi connectivity index (χ0) is 11.8. The minimum absolute atomic E-state index is 0.317. The van der Waals surface area contributed by atoms with Crippen LogP contribution in [0.4, 0.5) is 0 Å². The Balaban J connectivity index is 2.20. The highest BCUT2D eigenvalue weighted by atomic mass is 16.3. The van der Waals surface area contributed by atoms with Crippen LogP contribution in [0.1, 0.15) is 59.3 Å². The highest BCUT2D eigenvalue weighted by Crippen LogP contribution is 2.57. The number of unbranched alkanes of at least 4 members (excludes halogenated alkanes) is 1. The Kier molecular flexibility index (Phi) is 3.18. The van der Waals surface area contributed by atoms with E-state index in [0.717, 1.165) is 19.3 Å². The molecule has 1 N–H and O–H groups in total. The lowest BCUT2D eigenvalue weighted by Gasteiger charge is -2.33. The first-order valence-corrected chi connectivity index (χ1v) is 6.89. The molecule has 0 aromatic rings. The minimum Gasteiger partial charge on any atom is -0.389 e. The monoisotopic (exact) mass is 222 g/mol. The number of allylic oxidation sites excluding steroid dienone is 1. The normalized spacial score (nSPS) is 41.0. The fourth-order valence-electron chi connectivity index (χ4n) is 4.04. The molecule has 16 heavy (non-hydrogen) atoms. The Bertz CT molecular complexity index is 279. The third-order valence-corrected chi connectivity index (χ3v) is 4.77. The number of hydrogen-bond acceptors (Lipinski definition) is 1. The molecule has 0 aromatic carbocycles. The second-order valence-electron chi connectivity index (χ2n) is 6.51. The number of hydrogen-bond donors (Lipinski definition) is 1. The van der Waals surface area contributed by atoms with Gasteiger partial charge < -0.3 is 5.11 Å². The smallest absolute Gasteiger partial charge is 0.0718 e. The molecule has 2 aliphatic carbocycles. The van der Waals surface area contributed by atoms with Crippen molar-refractivity contribution in [3.05, 3.63) is 12.2 Å². The molecule has 0 spiro atoms. The summed E-state index contributed by atoms with van der Waals surface area (Å²) in [6, 6.07) is 0. The zero-order valence-electron chi connectivity index (χ0n) is 11.0. The first-order chi connectivity index (χ1) is 7.49. The van der Waals surface area contributed by atoms with Gasteiger partial charge in [0.2, 0.25) is 0 Å². The van der Waals surface area contributed by atoms with Crippen molar-refractivity contribution in [2.75, 3.05) is 0 Å². The average molecular weight is 222 g/mol. The molecule has 2 rings (SSSR count). The average Bonchev–Trinajstić information content (AvgIpc) is 2.45. The van der Waals surface area contributed by atoms with Gasteiger partial charge in [0.05, 0.1) is 5.60 Å². The predicted molar refractivity (Wildman–Crippen MR) is 68.2 cm³/mol. The lowest BCUT2D eigenvalue weighted by atomic mass is 9.73. The van der Waals surface area contributed by atoms with E-state index in [1.165, 1.54) is 19.3 Å². The molecule has 1 fully saturated rings. The first-order valence-electron chi connectivity index (χ1n) is 6.89. The summed E-state index contributed by atoms with van der Waals surface area (Å²) in [6.07, 6.45) is 11.4. The second kappa shape index (κ2) is 4.18. The Morgan fingerprint density at radius 1 is 1.38 bits per heavy atom. The SMILES string of the molecule is CCCC[C@]1(O)CC(C)(C)[C@@H]2CCC=C[C@@H]21. The number of aliphatic hydroxyl groups is 1. The van der Waals surface area contributed by atoms with E-state index < -0.39 is 5.60 Å². The molecular formula is C15H26O. The maximum atomic E-state index is 10.9. The van der Waals surface area contributed by atoms with Crippen molar-refractivity contribution < 1.29 is 5.11 Å². The van der Waals surface area contributed by atoms with Crippen LogP contribution in [0.2, 0.25) is 0 Å². The van der Waals surface area contributed by atoms with Gasteiger partial charge in [0.1, 0.15) is 0 Å². The summed E-state index contributed by atoms with van der Waals surface area (Å²) in [7, 11) is 0. The van der Waals surface area contributed by atoms with E-state index in [0.29, 0.717) is 17.3 Å². The Morgan fingerprint density at radius 2 is 2.12 bits per heavy atom. The largest absolute Gasteiger partial charge is 0.389 e. The molecule has 3 atom stereocenters. The Morgan fingerprint density at radius 3 is 2.81 bits per heavy atom. The standard InChI is InChI=1S/C15H26O/c1-4-5-10-15(16)11-14(2,3)12-8-6-7-9-13(12)15/h7,9,12-13,16H,4-6,8,10-11H2,1-3H3/t12-,13+,15+/m1/s1. The molecule has 0 radical (unpaired) electrons. The van der Waals surface area contributed by atoms with Crippen LogP contribution in [0.15, 0.2) is 12.2 Å². The minimum atomic E-state index is -0.416. The molecule has 2 aliphatic rings. The van der Waals surface area contributed by atoms with Crippen molar-refractivity contribution in [3.63, 3.8) is 0 Å². The maximum Gasteiger partial charge on any atom is 0.0718 e. The summed E-state index contributed by atoms with van der Waals surface area (Å²) in [5.41, 5.74) is -0.0982. The fourth-order valence-corrected chi connectivity index (χ4v) is 4.04. The summed E-state index contributed by atoms with van der Waals surface area (Å²) in [5, 5.41) is 10.9. The molecule has 1 nitrogen and oxygen atoms in total. The molecule has 0 saturated heterocycles. The summed E-state index contributed by atoms with van der Waals surface area (Å²) < 4.78 is 0. The summed E-state index contributed by atoms with van der Waals surface area (Å²) in [5.74, 6) is 1.11. The van der Waals surface area contributed by atoms with Crippen LogP contribution in [-0.2, 0) is 0 Å². The van der Waals surface area contributed by atoms with Crippen LogP contribution in [0, 0.1) is 17.3 Å². The summed E-state index contributed by atoms with van der Waals surface area (Å²) in [4.78, 5) is 0.